The molecule has 1 saturated heterocycles. The number of aromatic nitrogens is 4. The first-order chi connectivity index (χ1) is 11.6. The van der Waals surface area contributed by atoms with E-state index in [0.29, 0.717) is 31.1 Å². The fraction of sp³-hybridized carbons (Fsp3) is 0.533. The number of hydrogen-bond acceptors (Lipinski definition) is 8. The number of ether oxygens (including phenoxy) is 1. The van der Waals surface area contributed by atoms with Crippen molar-refractivity contribution in [2.75, 3.05) is 38.7 Å². The maximum absolute atomic E-state index is 12.5. The predicted octanol–water partition coefficient (Wildman–Crippen LogP) is 0.377. The monoisotopic (exact) mass is 332 g/mol. The molecule has 0 bridgehead atoms. The molecule has 128 valence electrons. The van der Waals surface area contributed by atoms with Gasteiger partial charge in [-0.05, 0) is 6.92 Å². The molecule has 9 heteroatoms. The van der Waals surface area contributed by atoms with Gasteiger partial charge in [0.2, 0.25) is 5.91 Å². The lowest BCUT2D eigenvalue weighted by atomic mass is 10.1. The molecule has 0 N–H and O–H groups in total. The molecule has 3 heterocycles. The summed E-state index contributed by atoms with van der Waals surface area (Å²) >= 11 is 0. The SMILES string of the molecule is Cc1nonc1CC(=O)N1CCO[C@@H](c2nccnc2N(C)C)C1. The first kappa shape index (κ1) is 16.3. The van der Waals surface area contributed by atoms with Crippen molar-refractivity contribution in [3.8, 4) is 0 Å². The van der Waals surface area contributed by atoms with Crippen LogP contribution >= 0.6 is 0 Å². The van der Waals surface area contributed by atoms with E-state index in [0.717, 1.165) is 11.5 Å². The van der Waals surface area contributed by atoms with Crippen molar-refractivity contribution in [2.45, 2.75) is 19.4 Å². The average Bonchev–Trinajstić information content (AvgIpc) is 3.00. The van der Waals surface area contributed by atoms with Gasteiger partial charge in [0.25, 0.3) is 0 Å². The van der Waals surface area contributed by atoms with Crippen LogP contribution in [0.25, 0.3) is 0 Å². The molecule has 1 amide bonds. The van der Waals surface area contributed by atoms with Crippen LogP contribution in [0.4, 0.5) is 5.82 Å². The Morgan fingerprint density at radius 3 is 2.83 bits per heavy atom. The highest BCUT2D eigenvalue weighted by Gasteiger charge is 2.29. The van der Waals surface area contributed by atoms with Crippen molar-refractivity contribution in [3.05, 3.63) is 29.5 Å². The van der Waals surface area contributed by atoms with E-state index in [9.17, 15) is 4.79 Å². The van der Waals surface area contributed by atoms with E-state index < -0.39 is 0 Å². The van der Waals surface area contributed by atoms with E-state index in [-0.39, 0.29) is 18.4 Å². The standard InChI is InChI=1S/C15H20N6O3/c1-10-11(19-24-18-10)8-13(22)21-6-7-23-12(9-21)14-15(20(2)3)17-5-4-16-14/h4-5,12H,6-9H2,1-3H3/t12-/m1/s1. The molecular formula is C15H20N6O3. The molecule has 0 saturated carbocycles. The summed E-state index contributed by atoms with van der Waals surface area (Å²) in [6.07, 6.45) is 3.15. The van der Waals surface area contributed by atoms with Crippen molar-refractivity contribution in [3.63, 3.8) is 0 Å². The lowest BCUT2D eigenvalue weighted by molar-refractivity contribution is -0.138. The summed E-state index contributed by atoms with van der Waals surface area (Å²) in [5.74, 6) is 0.714. The van der Waals surface area contributed by atoms with Crippen LogP contribution in [0.2, 0.25) is 0 Å². The molecular weight excluding hydrogens is 312 g/mol. The van der Waals surface area contributed by atoms with Gasteiger partial charge < -0.3 is 14.5 Å². The summed E-state index contributed by atoms with van der Waals surface area (Å²) < 4.78 is 10.5. The summed E-state index contributed by atoms with van der Waals surface area (Å²) in [6, 6.07) is 0. The van der Waals surface area contributed by atoms with Gasteiger partial charge in [-0.1, -0.05) is 10.3 Å². The molecule has 1 fully saturated rings. The Balaban J connectivity index is 1.73. The predicted molar refractivity (Wildman–Crippen MR) is 84.4 cm³/mol. The molecule has 0 radical (unpaired) electrons. The van der Waals surface area contributed by atoms with E-state index in [4.69, 9.17) is 4.74 Å². The zero-order valence-corrected chi connectivity index (χ0v) is 14.0. The molecule has 0 unspecified atom stereocenters. The third kappa shape index (κ3) is 3.35. The van der Waals surface area contributed by atoms with Crippen LogP contribution in [0.5, 0.6) is 0 Å². The Morgan fingerprint density at radius 2 is 2.12 bits per heavy atom. The summed E-state index contributed by atoms with van der Waals surface area (Å²) in [5.41, 5.74) is 1.94. The maximum atomic E-state index is 12.5. The number of morpholine rings is 1. The van der Waals surface area contributed by atoms with Gasteiger partial charge in [0, 0.05) is 33.0 Å². The molecule has 0 aromatic carbocycles. The molecule has 2 aromatic heterocycles. The molecule has 9 nitrogen and oxygen atoms in total. The Bertz CT molecular complexity index is 717. The van der Waals surface area contributed by atoms with Crippen LogP contribution in [0.15, 0.2) is 17.0 Å². The Labute approximate surface area is 139 Å². The minimum atomic E-state index is -0.301. The molecule has 3 rings (SSSR count). The number of amides is 1. The number of carbonyl (C=O) groups is 1. The zero-order chi connectivity index (χ0) is 17.1. The molecule has 24 heavy (non-hydrogen) atoms. The van der Waals surface area contributed by atoms with Crippen LogP contribution in [-0.2, 0) is 16.0 Å². The molecule has 1 atom stereocenters. The third-order valence-corrected chi connectivity index (χ3v) is 3.92. The number of rotatable bonds is 4. The molecule has 0 aliphatic carbocycles. The smallest absolute Gasteiger partial charge is 0.228 e. The van der Waals surface area contributed by atoms with Crippen LogP contribution in [0.1, 0.15) is 23.2 Å². The Morgan fingerprint density at radius 1 is 1.33 bits per heavy atom. The number of hydrogen-bond donors (Lipinski definition) is 0. The van der Waals surface area contributed by atoms with E-state index >= 15 is 0 Å². The van der Waals surface area contributed by atoms with E-state index in [2.05, 4.69) is 24.9 Å². The summed E-state index contributed by atoms with van der Waals surface area (Å²) in [6.45, 7) is 3.19. The van der Waals surface area contributed by atoms with Crippen LogP contribution in [0.3, 0.4) is 0 Å². The van der Waals surface area contributed by atoms with Gasteiger partial charge in [-0.2, -0.15) is 0 Å². The third-order valence-electron chi connectivity index (χ3n) is 3.92. The summed E-state index contributed by atoms with van der Waals surface area (Å²) in [5, 5.41) is 7.47. The lowest BCUT2D eigenvalue weighted by Crippen LogP contribution is -2.43. The first-order valence-corrected chi connectivity index (χ1v) is 7.72. The van der Waals surface area contributed by atoms with Gasteiger partial charge in [-0.3, -0.25) is 9.78 Å². The number of carbonyl (C=O) groups excluding carboxylic acids is 1. The van der Waals surface area contributed by atoms with Crippen LogP contribution < -0.4 is 4.90 Å². The van der Waals surface area contributed by atoms with Gasteiger partial charge in [0.05, 0.1) is 19.6 Å². The summed E-state index contributed by atoms with van der Waals surface area (Å²) in [4.78, 5) is 24.9. The summed E-state index contributed by atoms with van der Waals surface area (Å²) in [7, 11) is 3.80. The first-order valence-electron chi connectivity index (χ1n) is 7.72. The van der Waals surface area contributed by atoms with E-state index in [1.807, 2.05) is 19.0 Å². The largest absolute Gasteiger partial charge is 0.368 e. The quantitative estimate of drug-likeness (QED) is 0.792. The lowest BCUT2D eigenvalue weighted by Gasteiger charge is -2.33. The van der Waals surface area contributed by atoms with Gasteiger partial charge >= 0.3 is 0 Å². The average molecular weight is 332 g/mol. The van der Waals surface area contributed by atoms with E-state index in [1.54, 1.807) is 24.2 Å². The molecule has 1 aliphatic rings. The molecule has 2 aromatic rings. The van der Waals surface area contributed by atoms with Crippen molar-refractivity contribution in [1.29, 1.82) is 0 Å². The highest BCUT2D eigenvalue weighted by Crippen LogP contribution is 2.26. The molecule has 0 spiro atoms. The Kier molecular flexibility index (Phi) is 4.70. The van der Waals surface area contributed by atoms with Crippen molar-refractivity contribution >= 4 is 11.7 Å². The second-order valence-corrected chi connectivity index (χ2v) is 5.83. The normalized spacial score (nSPS) is 17.8. The van der Waals surface area contributed by atoms with Gasteiger partial charge in [-0.25, -0.2) is 9.61 Å². The van der Waals surface area contributed by atoms with E-state index in [1.165, 1.54) is 0 Å². The highest BCUT2D eigenvalue weighted by molar-refractivity contribution is 5.78. The van der Waals surface area contributed by atoms with Gasteiger partial charge in [0.15, 0.2) is 5.82 Å². The number of anilines is 1. The minimum absolute atomic E-state index is 0.0302. The fourth-order valence-electron chi connectivity index (χ4n) is 2.62. The van der Waals surface area contributed by atoms with Crippen molar-refractivity contribution < 1.29 is 14.2 Å². The van der Waals surface area contributed by atoms with Crippen LogP contribution in [-0.4, -0.2) is 64.9 Å². The van der Waals surface area contributed by atoms with Crippen molar-refractivity contribution in [2.24, 2.45) is 0 Å². The molecule has 1 aliphatic heterocycles. The highest BCUT2D eigenvalue weighted by atomic mass is 16.6. The maximum Gasteiger partial charge on any atom is 0.228 e. The Hall–Kier alpha value is -2.55. The second-order valence-electron chi connectivity index (χ2n) is 5.83. The van der Waals surface area contributed by atoms with Gasteiger partial charge in [-0.15, -0.1) is 0 Å². The van der Waals surface area contributed by atoms with Crippen LogP contribution in [0, 0.1) is 6.92 Å². The topological polar surface area (TPSA) is 97.5 Å². The van der Waals surface area contributed by atoms with Crippen molar-refractivity contribution in [1.82, 2.24) is 25.2 Å². The minimum Gasteiger partial charge on any atom is -0.368 e. The second kappa shape index (κ2) is 6.91. The number of nitrogens with zero attached hydrogens (tertiary/aromatic N) is 6. The fourth-order valence-corrected chi connectivity index (χ4v) is 2.62. The number of aryl methyl sites for hydroxylation is 1. The van der Waals surface area contributed by atoms with Gasteiger partial charge in [0.1, 0.15) is 23.2 Å². The zero-order valence-electron chi connectivity index (χ0n) is 14.0.